The number of nitrogens with zero attached hydrogens (tertiary/aromatic N) is 4. The van der Waals surface area contributed by atoms with Crippen LogP contribution in [0.25, 0.3) is 32.7 Å². The molecule has 1 N–H and O–H groups in total. The maximum absolute atomic E-state index is 12.7. The summed E-state index contributed by atoms with van der Waals surface area (Å²) in [7, 11) is 0. The third-order valence-corrected chi connectivity index (χ3v) is 3.92. The normalized spacial score (nSPS) is 13.1. The first-order valence-electron chi connectivity index (χ1n) is 6.68. The Morgan fingerprint density at radius 3 is 3.05 bits per heavy atom. The first-order chi connectivity index (χ1) is 10.2. The summed E-state index contributed by atoms with van der Waals surface area (Å²) in [6.07, 6.45) is 5.42. The second-order valence-electron chi connectivity index (χ2n) is 5.18. The summed E-state index contributed by atoms with van der Waals surface area (Å²) in [6.45, 7) is 1.89. The van der Waals surface area contributed by atoms with Crippen LogP contribution in [0.4, 0.5) is 0 Å². The van der Waals surface area contributed by atoms with Gasteiger partial charge in [0, 0.05) is 23.2 Å². The molecule has 0 aliphatic carbocycles. The molecule has 0 aliphatic rings. The fraction of sp³-hybridized carbons (Fsp3) is 0.200. The summed E-state index contributed by atoms with van der Waals surface area (Å²) in [5.41, 5.74) is 1.17. The molecule has 3 heterocycles. The lowest BCUT2D eigenvalue weighted by Crippen LogP contribution is -2.12. The monoisotopic (exact) mass is 277 g/mol. The molecule has 0 amide bonds. The highest BCUT2D eigenvalue weighted by Gasteiger charge is 2.19. The van der Waals surface area contributed by atoms with E-state index in [0.717, 1.165) is 16.2 Å². The van der Waals surface area contributed by atoms with E-state index in [1.165, 1.54) is 0 Å². The number of rotatable bonds is 2. The Morgan fingerprint density at radius 1 is 1.38 bits per heavy atom. The van der Waals surface area contributed by atoms with Crippen LogP contribution in [0.1, 0.15) is 19.4 Å². The van der Waals surface area contributed by atoms with Crippen LogP contribution in [0, 0.1) is 11.3 Å². The minimum atomic E-state index is -0.141. The molecule has 0 saturated heterocycles. The van der Waals surface area contributed by atoms with E-state index in [1.54, 1.807) is 17.1 Å². The average molecular weight is 277 g/mol. The molecule has 102 valence electrons. The number of benzene rings is 1. The van der Waals surface area contributed by atoms with Crippen molar-refractivity contribution in [3.63, 3.8) is 0 Å². The summed E-state index contributed by atoms with van der Waals surface area (Å²) >= 11 is 0. The predicted octanol–water partition coefficient (Wildman–Crippen LogP) is 2.34. The van der Waals surface area contributed by atoms with E-state index in [-0.39, 0.29) is 11.5 Å². The van der Waals surface area contributed by atoms with Gasteiger partial charge in [0.25, 0.3) is 0 Å². The lowest BCUT2D eigenvalue weighted by molar-refractivity contribution is 0.516. The fourth-order valence-electron chi connectivity index (χ4n) is 2.92. The van der Waals surface area contributed by atoms with Crippen molar-refractivity contribution in [2.75, 3.05) is 0 Å². The minimum absolute atomic E-state index is 0.0816. The molecule has 0 radical (unpaired) electrons. The van der Waals surface area contributed by atoms with Crippen LogP contribution >= 0.6 is 0 Å². The third-order valence-electron chi connectivity index (χ3n) is 3.92. The number of aromatic amines is 1. The summed E-state index contributed by atoms with van der Waals surface area (Å²) in [6, 6.07) is 3.91. The van der Waals surface area contributed by atoms with Crippen molar-refractivity contribution in [1.29, 1.82) is 5.26 Å². The van der Waals surface area contributed by atoms with Crippen molar-refractivity contribution < 1.29 is 0 Å². The quantitative estimate of drug-likeness (QED) is 0.609. The molecule has 1 atom stereocenters. The number of hydrogen-bond acceptors (Lipinski definition) is 4. The highest BCUT2D eigenvalue weighted by molar-refractivity contribution is 6.19. The van der Waals surface area contributed by atoms with Gasteiger partial charge in [-0.1, -0.05) is 0 Å². The number of hydrogen-bond donors (Lipinski definition) is 1. The number of fused-ring (bicyclic) bond motifs is 2. The van der Waals surface area contributed by atoms with E-state index in [2.05, 4.69) is 21.1 Å². The topological polar surface area (TPSA) is 87.4 Å². The van der Waals surface area contributed by atoms with Gasteiger partial charge < -0.3 is 4.98 Å². The lowest BCUT2D eigenvalue weighted by atomic mass is 10.1. The number of aromatic nitrogens is 4. The Kier molecular flexibility index (Phi) is 2.27. The van der Waals surface area contributed by atoms with Gasteiger partial charge in [0.15, 0.2) is 0 Å². The third kappa shape index (κ3) is 1.43. The molecule has 0 spiro atoms. The summed E-state index contributed by atoms with van der Waals surface area (Å²) in [5.74, 6) is 0. The molecular formula is C15H11N5O. The van der Waals surface area contributed by atoms with Gasteiger partial charge in [0.05, 0.1) is 30.1 Å². The zero-order chi connectivity index (χ0) is 14.6. The Hall–Kier alpha value is -2.94. The molecule has 4 rings (SSSR count). The Morgan fingerprint density at radius 2 is 2.24 bits per heavy atom. The van der Waals surface area contributed by atoms with E-state index in [1.807, 2.05) is 19.2 Å². The maximum atomic E-state index is 12.7. The van der Waals surface area contributed by atoms with E-state index in [4.69, 9.17) is 5.26 Å². The number of H-pyrrole nitrogens is 1. The molecule has 3 aromatic heterocycles. The summed E-state index contributed by atoms with van der Waals surface area (Å²) in [5, 5.41) is 16.4. The molecule has 6 heteroatoms. The van der Waals surface area contributed by atoms with E-state index >= 15 is 0 Å². The van der Waals surface area contributed by atoms with Crippen LogP contribution in [0.5, 0.6) is 0 Å². The number of nitrogens with one attached hydrogen (secondary N) is 1. The van der Waals surface area contributed by atoms with E-state index < -0.39 is 0 Å². The van der Waals surface area contributed by atoms with Crippen molar-refractivity contribution in [2.24, 2.45) is 0 Å². The largest absolute Gasteiger partial charge is 0.346 e. The van der Waals surface area contributed by atoms with Gasteiger partial charge in [0.2, 0.25) is 5.43 Å². The van der Waals surface area contributed by atoms with Crippen molar-refractivity contribution >= 4 is 32.7 Å². The maximum Gasteiger partial charge on any atom is 0.213 e. The summed E-state index contributed by atoms with van der Waals surface area (Å²) in [4.78, 5) is 20.1. The van der Waals surface area contributed by atoms with Crippen LogP contribution < -0.4 is 5.43 Å². The van der Waals surface area contributed by atoms with Gasteiger partial charge in [-0.25, -0.2) is 4.98 Å². The number of pyridine rings is 1. The van der Waals surface area contributed by atoms with Gasteiger partial charge >= 0.3 is 0 Å². The molecule has 0 bridgehead atoms. The second kappa shape index (κ2) is 4.03. The van der Waals surface area contributed by atoms with Crippen LogP contribution in [-0.4, -0.2) is 19.7 Å². The van der Waals surface area contributed by atoms with Crippen molar-refractivity contribution in [1.82, 2.24) is 19.7 Å². The Bertz CT molecular complexity index is 1070. The molecule has 4 aromatic rings. The van der Waals surface area contributed by atoms with Crippen molar-refractivity contribution in [2.45, 2.75) is 19.4 Å². The second-order valence-corrected chi connectivity index (χ2v) is 5.18. The number of nitriles is 1. The molecule has 1 aromatic carbocycles. The van der Waals surface area contributed by atoms with Crippen LogP contribution in [0.2, 0.25) is 0 Å². The molecule has 6 nitrogen and oxygen atoms in total. The SMILES string of the molecule is CC(CC#N)n1ncc2c3cc[nH]c4ncc(c(=O)c21)c43. The Labute approximate surface area is 119 Å². The molecular weight excluding hydrogens is 266 g/mol. The zero-order valence-electron chi connectivity index (χ0n) is 11.3. The first kappa shape index (κ1) is 11.9. The standard InChI is InChI=1S/C15H11N5O/c1-8(2-4-16)20-13-10(7-19-20)9-3-5-17-15-12(9)11(6-18-15)14(13)21/h3,5-8H,2H2,1H3,(H,17,18). The van der Waals surface area contributed by atoms with Gasteiger partial charge in [-0.2, -0.15) is 10.4 Å². The highest BCUT2D eigenvalue weighted by Crippen LogP contribution is 2.30. The summed E-state index contributed by atoms with van der Waals surface area (Å²) < 4.78 is 1.65. The molecule has 1 unspecified atom stereocenters. The van der Waals surface area contributed by atoms with Crippen LogP contribution in [-0.2, 0) is 0 Å². The molecule has 0 fully saturated rings. The average Bonchev–Trinajstić information content (AvgIpc) is 3.10. The molecule has 0 aliphatic heterocycles. The molecule has 21 heavy (non-hydrogen) atoms. The fourth-order valence-corrected chi connectivity index (χ4v) is 2.92. The van der Waals surface area contributed by atoms with Gasteiger partial charge in [-0.15, -0.1) is 0 Å². The van der Waals surface area contributed by atoms with Gasteiger partial charge in [-0.3, -0.25) is 9.48 Å². The van der Waals surface area contributed by atoms with Crippen molar-refractivity contribution in [3.05, 3.63) is 34.9 Å². The van der Waals surface area contributed by atoms with Gasteiger partial charge in [-0.05, 0) is 18.4 Å². The smallest absolute Gasteiger partial charge is 0.213 e. The highest BCUT2D eigenvalue weighted by atomic mass is 16.1. The van der Waals surface area contributed by atoms with E-state index in [0.29, 0.717) is 23.0 Å². The van der Waals surface area contributed by atoms with Crippen molar-refractivity contribution in [3.8, 4) is 6.07 Å². The minimum Gasteiger partial charge on any atom is -0.346 e. The first-order valence-corrected chi connectivity index (χ1v) is 6.68. The molecule has 0 saturated carbocycles. The van der Waals surface area contributed by atoms with Gasteiger partial charge in [0.1, 0.15) is 11.2 Å². The van der Waals surface area contributed by atoms with Crippen LogP contribution in [0.3, 0.4) is 0 Å². The zero-order valence-corrected chi connectivity index (χ0v) is 11.3. The predicted molar refractivity (Wildman–Crippen MR) is 79.3 cm³/mol. The van der Waals surface area contributed by atoms with Crippen LogP contribution in [0.15, 0.2) is 29.5 Å². The lowest BCUT2D eigenvalue weighted by Gasteiger charge is -2.09. The Balaban J connectivity index is 2.22. The van der Waals surface area contributed by atoms with E-state index in [9.17, 15) is 4.79 Å².